The molecule has 0 fully saturated rings. The van der Waals surface area contributed by atoms with E-state index in [1.54, 1.807) is 37.4 Å². The second-order valence-electron chi connectivity index (χ2n) is 4.78. The standard InChI is InChI=1S/C18H15NO6/c1-22-14-5-3-12(4-6-14)9-13(10-19)17(20)24-11-15-7-8-16(25-15)18(21)23-2/h3-9H,11H2,1-2H3/b13-9+. The van der Waals surface area contributed by atoms with E-state index in [2.05, 4.69) is 4.74 Å². The Bertz CT molecular complexity index is 826. The predicted octanol–water partition coefficient (Wildman–Crippen LogP) is 2.73. The number of ether oxygens (including phenoxy) is 3. The van der Waals surface area contributed by atoms with Crippen molar-refractivity contribution in [2.75, 3.05) is 14.2 Å². The molecule has 0 N–H and O–H groups in total. The number of carbonyl (C=O) groups excluding carboxylic acids is 2. The zero-order chi connectivity index (χ0) is 18.2. The summed E-state index contributed by atoms with van der Waals surface area (Å²) in [6.07, 6.45) is 1.41. The molecule has 0 aliphatic carbocycles. The van der Waals surface area contributed by atoms with Crippen LogP contribution < -0.4 is 4.74 Å². The first-order valence-electron chi connectivity index (χ1n) is 7.17. The van der Waals surface area contributed by atoms with Crippen LogP contribution in [-0.2, 0) is 20.9 Å². The summed E-state index contributed by atoms with van der Waals surface area (Å²) in [4.78, 5) is 23.3. The summed E-state index contributed by atoms with van der Waals surface area (Å²) in [7, 11) is 2.77. The molecule has 0 spiro atoms. The molecule has 0 bridgehead atoms. The molecule has 0 unspecified atom stereocenters. The largest absolute Gasteiger partial charge is 0.497 e. The van der Waals surface area contributed by atoms with Crippen molar-refractivity contribution >= 4 is 18.0 Å². The molecule has 0 radical (unpaired) electrons. The van der Waals surface area contributed by atoms with Gasteiger partial charge in [0.2, 0.25) is 5.76 Å². The van der Waals surface area contributed by atoms with E-state index >= 15 is 0 Å². The maximum Gasteiger partial charge on any atom is 0.373 e. The first-order valence-corrected chi connectivity index (χ1v) is 7.17. The second-order valence-corrected chi connectivity index (χ2v) is 4.78. The van der Waals surface area contributed by atoms with Crippen LogP contribution in [0.25, 0.3) is 6.08 Å². The van der Waals surface area contributed by atoms with Gasteiger partial charge in [-0.1, -0.05) is 12.1 Å². The topological polar surface area (TPSA) is 98.8 Å². The summed E-state index contributed by atoms with van der Waals surface area (Å²) in [5.74, 6) is -0.500. The van der Waals surface area contributed by atoms with Crippen LogP contribution in [0.4, 0.5) is 0 Å². The van der Waals surface area contributed by atoms with Gasteiger partial charge in [0.05, 0.1) is 14.2 Å². The summed E-state index contributed by atoms with van der Waals surface area (Å²) in [5.41, 5.74) is 0.491. The zero-order valence-electron chi connectivity index (χ0n) is 13.6. The monoisotopic (exact) mass is 341 g/mol. The molecule has 0 saturated heterocycles. The SMILES string of the molecule is COC(=O)c1ccc(COC(=O)/C(C#N)=C/c2ccc(OC)cc2)o1. The van der Waals surface area contributed by atoms with Gasteiger partial charge in [0.15, 0.2) is 0 Å². The van der Waals surface area contributed by atoms with E-state index in [4.69, 9.17) is 19.2 Å². The van der Waals surface area contributed by atoms with Crippen molar-refractivity contribution in [2.24, 2.45) is 0 Å². The highest BCUT2D eigenvalue weighted by Gasteiger charge is 2.15. The fourth-order valence-electron chi connectivity index (χ4n) is 1.88. The average molecular weight is 341 g/mol. The lowest BCUT2D eigenvalue weighted by molar-refractivity contribution is -0.140. The molecular formula is C18H15NO6. The number of carbonyl (C=O) groups is 2. The van der Waals surface area contributed by atoms with Gasteiger partial charge in [-0.05, 0) is 35.9 Å². The minimum Gasteiger partial charge on any atom is -0.497 e. The van der Waals surface area contributed by atoms with Gasteiger partial charge >= 0.3 is 11.9 Å². The van der Waals surface area contributed by atoms with Gasteiger partial charge in [-0.3, -0.25) is 0 Å². The smallest absolute Gasteiger partial charge is 0.373 e. The fourth-order valence-corrected chi connectivity index (χ4v) is 1.88. The van der Waals surface area contributed by atoms with Crippen LogP contribution >= 0.6 is 0 Å². The number of hydrogen-bond acceptors (Lipinski definition) is 7. The van der Waals surface area contributed by atoms with E-state index in [1.807, 2.05) is 0 Å². The number of hydrogen-bond donors (Lipinski definition) is 0. The Morgan fingerprint density at radius 2 is 1.88 bits per heavy atom. The lowest BCUT2D eigenvalue weighted by atomic mass is 10.1. The Morgan fingerprint density at radius 1 is 1.16 bits per heavy atom. The molecule has 2 rings (SSSR count). The number of methoxy groups -OCH3 is 2. The second kappa shape index (κ2) is 8.36. The van der Waals surface area contributed by atoms with Crippen molar-refractivity contribution in [1.82, 2.24) is 0 Å². The third-order valence-electron chi connectivity index (χ3n) is 3.16. The van der Waals surface area contributed by atoms with Gasteiger partial charge in [0.25, 0.3) is 0 Å². The first-order chi connectivity index (χ1) is 12.1. The van der Waals surface area contributed by atoms with Crippen LogP contribution in [0.3, 0.4) is 0 Å². The van der Waals surface area contributed by atoms with Crippen LogP contribution in [0, 0.1) is 11.3 Å². The lowest BCUT2D eigenvalue weighted by Gasteiger charge is -2.03. The number of esters is 2. The molecule has 0 saturated carbocycles. The minimum absolute atomic E-state index is 0.00262. The van der Waals surface area contributed by atoms with Crippen molar-refractivity contribution in [1.29, 1.82) is 5.26 Å². The highest BCUT2D eigenvalue weighted by molar-refractivity contribution is 5.97. The Morgan fingerprint density at radius 3 is 2.48 bits per heavy atom. The summed E-state index contributed by atoms with van der Waals surface area (Å²) < 4.78 is 19.8. The molecule has 7 heteroatoms. The molecule has 2 aromatic rings. The molecule has 0 amide bonds. The summed E-state index contributed by atoms with van der Waals surface area (Å²) >= 11 is 0. The van der Waals surface area contributed by atoms with Crippen LogP contribution in [0.5, 0.6) is 5.75 Å². The first kappa shape index (κ1) is 17.8. The summed E-state index contributed by atoms with van der Waals surface area (Å²) in [5, 5.41) is 9.14. The number of furan rings is 1. The Hall–Kier alpha value is -3.53. The molecule has 0 aliphatic rings. The van der Waals surface area contributed by atoms with Gasteiger partial charge < -0.3 is 18.6 Å². The predicted molar refractivity (Wildman–Crippen MR) is 86.4 cm³/mol. The molecular weight excluding hydrogens is 326 g/mol. The van der Waals surface area contributed by atoms with Crippen LogP contribution in [0.1, 0.15) is 21.9 Å². The van der Waals surface area contributed by atoms with Crippen molar-refractivity contribution < 1.29 is 28.2 Å². The normalized spacial score (nSPS) is 10.7. The Labute approximate surface area is 144 Å². The zero-order valence-corrected chi connectivity index (χ0v) is 13.6. The fraction of sp³-hybridized carbons (Fsp3) is 0.167. The number of nitrogens with zero attached hydrogens (tertiary/aromatic N) is 1. The van der Waals surface area contributed by atoms with E-state index in [0.29, 0.717) is 11.3 Å². The number of nitriles is 1. The van der Waals surface area contributed by atoms with Crippen LogP contribution in [0.15, 0.2) is 46.4 Å². The average Bonchev–Trinajstić information content (AvgIpc) is 3.13. The summed E-state index contributed by atoms with van der Waals surface area (Å²) in [6.45, 7) is -0.211. The van der Waals surface area contributed by atoms with Crippen molar-refractivity contribution in [2.45, 2.75) is 6.61 Å². The maximum atomic E-state index is 12.0. The highest BCUT2D eigenvalue weighted by atomic mass is 16.6. The van der Waals surface area contributed by atoms with Crippen LogP contribution in [-0.4, -0.2) is 26.2 Å². The minimum atomic E-state index is -0.797. The number of benzene rings is 1. The van der Waals surface area contributed by atoms with Crippen molar-refractivity contribution in [3.63, 3.8) is 0 Å². The molecule has 128 valence electrons. The van der Waals surface area contributed by atoms with E-state index in [1.165, 1.54) is 25.3 Å². The van der Waals surface area contributed by atoms with E-state index < -0.39 is 11.9 Å². The molecule has 7 nitrogen and oxygen atoms in total. The molecule has 1 heterocycles. The highest BCUT2D eigenvalue weighted by Crippen LogP contribution is 2.15. The Balaban J connectivity index is 2.02. The Kier molecular flexibility index (Phi) is 5.96. The summed E-state index contributed by atoms with van der Waals surface area (Å²) in [6, 6.07) is 11.5. The molecule has 1 aromatic heterocycles. The van der Waals surface area contributed by atoms with Gasteiger partial charge in [-0.15, -0.1) is 0 Å². The maximum absolute atomic E-state index is 12.0. The van der Waals surface area contributed by atoms with Crippen molar-refractivity contribution in [3.05, 3.63) is 59.1 Å². The molecule has 0 atom stereocenters. The quantitative estimate of drug-likeness (QED) is 0.452. The molecule has 0 aliphatic heterocycles. The van der Waals surface area contributed by atoms with E-state index in [-0.39, 0.29) is 23.7 Å². The third-order valence-corrected chi connectivity index (χ3v) is 3.16. The van der Waals surface area contributed by atoms with Gasteiger partial charge in [-0.25, -0.2) is 9.59 Å². The van der Waals surface area contributed by atoms with E-state index in [9.17, 15) is 9.59 Å². The van der Waals surface area contributed by atoms with Gasteiger partial charge in [0.1, 0.15) is 29.8 Å². The van der Waals surface area contributed by atoms with Crippen molar-refractivity contribution in [3.8, 4) is 11.8 Å². The van der Waals surface area contributed by atoms with E-state index in [0.717, 1.165) is 0 Å². The lowest BCUT2D eigenvalue weighted by Crippen LogP contribution is -2.06. The van der Waals surface area contributed by atoms with Crippen LogP contribution in [0.2, 0.25) is 0 Å². The molecule has 25 heavy (non-hydrogen) atoms. The number of rotatable bonds is 6. The van der Waals surface area contributed by atoms with Gasteiger partial charge in [-0.2, -0.15) is 5.26 Å². The molecule has 1 aromatic carbocycles. The third kappa shape index (κ3) is 4.72. The van der Waals surface area contributed by atoms with Gasteiger partial charge in [0, 0.05) is 0 Å².